The van der Waals surface area contributed by atoms with E-state index in [1.165, 1.54) is 35.2 Å². The lowest BCUT2D eigenvalue weighted by atomic mass is 10.1. The van der Waals surface area contributed by atoms with E-state index in [4.69, 9.17) is 5.26 Å². The predicted octanol–water partition coefficient (Wildman–Crippen LogP) is 2.29. The predicted molar refractivity (Wildman–Crippen MR) is 94.1 cm³/mol. The lowest BCUT2D eigenvalue weighted by molar-refractivity contribution is 0.0783. The van der Waals surface area contributed by atoms with Crippen LogP contribution in [0.1, 0.15) is 22.3 Å². The Hall–Kier alpha value is -2.76. The summed E-state index contributed by atoms with van der Waals surface area (Å²) >= 11 is 0. The molecule has 0 atom stereocenters. The van der Waals surface area contributed by atoms with Gasteiger partial charge in [-0.15, -0.1) is 0 Å². The molecule has 26 heavy (non-hydrogen) atoms. The number of nitrogens with one attached hydrogen (secondary N) is 1. The van der Waals surface area contributed by atoms with Crippen LogP contribution in [0.15, 0.2) is 53.4 Å². The molecule has 1 N–H and O–H groups in total. The highest BCUT2D eigenvalue weighted by molar-refractivity contribution is 7.89. The van der Waals surface area contributed by atoms with Crippen molar-refractivity contribution in [1.29, 1.82) is 5.26 Å². The maximum absolute atomic E-state index is 13.7. The minimum Gasteiger partial charge on any atom is -0.337 e. The first-order chi connectivity index (χ1) is 12.3. The van der Waals surface area contributed by atoms with Crippen molar-refractivity contribution in [3.05, 3.63) is 65.5 Å². The summed E-state index contributed by atoms with van der Waals surface area (Å²) in [6, 6.07) is 13.5. The first-order valence-electron chi connectivity index (χ1n) is 7.80. The molecule has 0 unspecified atom stereocenters. The van der Waals surface area contributed by atoms with Gasteiger partial charge in [0.25, 0.3) is 5.91 Å². The van der Waals surface area contributed by atoms with Crippen molar-refractivity contribution in [2.45, 2.75) is 17.9 Å². The third-order valence-electron chi connectivity index (χ3n) is 3.65. The molecule has 136 valence electrons. The summed E-state index contributed by atoms with van der Waals surface area (Å²) in [6.07, 6.45) is 0.0661. The minimum atomic E-state index is -3.72. The quantitative estimate of drug-likeness (QED) is 0.752. The SMILES string of the molecule is CN(Cc1ccccc1F)C(=O)c1ccc(S(=O)(=O)NCCC#N)cc1. The van der Waals surface area contributed by atoms with Crippen LogP contribution in [0, 0.1) is 17.1 Å². The van der Waals surface area contributed by atoms with E-state index >= 15 is 0 Å². The zero-order valence-corrected chi connectivity index (χ0v) is 15.0. The fourth-order valence-electron chi connectivity index (χ4n) is 2.28. The van der Waals surface area contributed by atoms with E-state index < -0.39 is 15.8 Å². The molecule has 8 heteroatoms. The second-order valence-electron chi connectivity index (χ2n) is 5.58. The molecule has 1 amide bonds. The van der Waals surface area contributed by atoms with Gasteiger partial charge in [0.05, 0.1) is 11.0 Å². The molecule has 0 aliphatic rings. The monoisotopic (exact) mass is 375 g/mol. The molecular formula is C18H18FN3O3S. The summed E-state index contributed by atoms with van der Waals surface area (Å²) < 4.78 is 40.1. The van der Waals surface area contributed by atoms with Crippen molar-refractivity contribution in [3.8, 4) is 6.07 Å². The highest BCUT2D eigenvalue weighted by Gasteiger charge is 2.17. The van der Waals surface area contributed by atoms with Gasteiger partial charge in [-0.05, 0) is 30.3 Å². The molecule has 0 radical (unpaired) electrons. The Bertz CT molecular complexity index is 921. The Morgan fingerprint density at radius 2 is 1.85 bits per heavy atom. The second kappa shape index (κ2) is 8.56. The average molecular weight is 375 g/mol. The number of hydrogen-bond acceptors (Lipinski definition) is 4. The Kier molecular flexibility index (Phi) is 6.44. The van der Waals surface area contributed by atoms with Gasteiger partial charge in [-0.3, -0.25) is 4.79 Å². The molecule has 2 rings (SSSR count). The first-order valence-corrected chi connectivity index (χ1v) is 9.29. The minimum absolute atomic E-state index is 0.00347. The van der Waals surface area contributed by atoms with Crippen LogP contribution in [-0.2, 0) is 16.6 Å². The molecule has 0 aromatic heterocycles. The Labute approximate surface area is 151 Å². The van der Waals surface area contributed by atoms with Gasteiger partial charge in [-0.25, -0.2) is 17.5 Å². The summed E-state index contributed by atoms with van der Waals surface area (Å²) in [5.41, 5.74) is 0.684. The van der Waals surface area contributed by atoms with Gasteiger partial charge >= 0.3 is 0 Å². The molecular weight excluding hydrogens is 357 g/mol. The molecule has 0 saturated heterocycles. The van der Waals surface area contributed by atoms with Crippen molar-refractivity contribution >= 4 is 15.9 Å². The Balaban J connectivity index is 2.08. The van der Waals surface area contributed by atoms with Gasteiger partial charge in [0.2, 0.25) is 10.0 Å². The van der Waals surface area contributed by atoms with Gasteiger partial charge in [0.1, 0.15) is 5.82 Å². The number of rotatable bonds is 7. The van der Waals surface area contributed by atoms with E-state index in [-0.39, 0.29) is 30.3 Å². The molecule has 2 aromatic rings. The lowest BCUT2D eigenvalue weighted by Gasteiger charge is -2.18. The number of halogens is 1. The van der Waals surface area contributed by atoms with E-state index in [0.29, 0.717) is 11.1 Å². The lowest BCUT2D eigenvalue weighted by Crippen LogP contribution is -2.27. The number of nitrogens with zero attached hydrogens (tertiary/aromatic N) is 2. The highest BCUT2D eigenvalue weighted by atomic mass is 32.2. The van der Waals surface area contributed by atoms with Gasteiger partial charge < -0.3 is 4.90 Å². The first kappa shape index (κ1) is 19.6. The third kappa shape index (κ3) is 4.88. The van der Waals surface area contributed by atoms with Crippen molar-refractivity contribution in [1.82, 2.24) is 9.62 Å². The number of benzene rings is 2. The van der Waals surface area contributed by atoms with Gasteiger partial charge in [-0.1, -0.05) is 18.2 Å². The molecule has 0 aliphatic carbocycles. The topological polar surface area (TPSA) is 90.3 Å². The van der Waals surface area contributed by atoms with Crippen molar-refractivity contribution in [2.24, 2.45) is 0 Å². The Morgan fingerprint density at radius 3 is 2.46 bits per heavy atom. The zero-order valence-electron chi connectivity index (χ0n) is 14.1. The molecule has 0 fully saturated rings. The number of nitriles is 1. The van der Waals surface area contributed by atoms with Crippen molar-refractivity contribution in [2.75, 3.05) is 13.6 Å². The summed E-state index contributed by atoms with van der Waals surface area (Å²) in [7, 11) is -2.18. The van der Waals surface area contributed by atoms with Crippen LogP contribution in [0.4, 0.5) is 4.39 Å². The molecule has 2 aromatic carbocycles. The smallest absolute Gasteiger partial charge is 0.253 e. The summed E-state index contributed by atoms with van der Waals surface area (Å²) in [6.45, 7) is 0.117. The molecule has 0 spiro atoms. The van der Waals surface area contributed by atoms with E-state index in [0.717, 1.165) is 0 Å². The van der Waals surface area contributed by atoms with Crippen LogP contribution >= 0.6 is 0 Å². The van der Waals surface area contributed by atoms with Crippen LogP contribution < -0.4 is 4.72 Å². The van der Waals surface area contributed by atoms with Crippen LogP contribution in [0.3, 0.4) is 0 Å². The molecule has 6 nitrogen and oxygen atoms in total. The van der Waals surface area contributed by atoms with Crippen LogP contribution in [0.5, 0.6) is 0 Å². The number of carbonyl (C=O) groups excluding carboxylic acids is 1. The molecule has 0 bridgehead atoms. The largest absolute Gasteiger partial charge is 0.337 e. The van der Waals surface area contributed by atoms with E-state index in [2.05, 4.69) is 4.72 Å². The summed E-state index contributed by atoms with van der Waals surface area (Å²) in [4.78, 5) is 13.8. The van der Waals surface area contributed by atoms with Crippen LogP contribution in [0.25, 0.3) is 0 Å². The van der Waals surface area contributed by atoms with E-state index in [1.807, 2.05) is 6.07 Å². The number of hydrogen-bond donors (Lipinski definition) is 1. The fraction of sp³-hybridized carbons (Fsp3) is 0.222. The third-order valence-corrected chi connectivity index (χ3v) is 5.13. The summed E-state index contributed by atoms with van der Waals surface area (Å²) in [5.74, 6) is -0.744. The van der Waals surface area contributed by atoms with E-state index in [1.54, 1.807) is 25.2 Å². The summed E-state index contributed by atoms with van der Waals surface area (Å²) in [5, 5.41) is 8.46. The fourth-order valence-corrected chi connectivity index (χ4v) is 3.31. The number of sulfonamides is 1. The highest BCUT2D eigenvalue weighted by Crippen LogP contribution is 2.14. The maximum atomic E-state index is 13.7. The normalized spacial score (nSPS) is 11.0. The van der Waals surface area contributed by atoms with Gasteiger partial charge in [0, 0.05) is 37.7 Å². The second-order valence-corrected chi connectivity index (χ2v) is 7.35. The molecule has 0 heterocycles. The Morgan fingerprint density at radius 1 is 1.19 bits per heavy atom. The van der Waals surface area contributed by atoms with E-state index in [9.17, 15) is 17.6 Å². The maximum Gasteiger partial charge on any atom is 0.253 e. The van der Waals surface area contributed by atoms with Crippen LogP contribution in [-0.4, -0.2) is 32.8 Å². The number of carbonyl (C=O) groups is 1. The van der Waals surface area contributed by atoms with Crippen molar-refractivity contribution in [3.63, 3.8) is 0 Å². The van der Waals surface area contributed by atoms with Crippen molar-refractivity contribution < 1.29 is 17.6 Å². The molecule has 0 aliphatic heterocycles. The zero-order chi connectivity index (χ0) is 19.2. The standard InChI is InChI=1S/C18H18FN3O3S/c1-22(13-15-5-2-3-6-17(15)19)18(23)14-7-9-16(10-8-14)26(24,25)21-12-4-11-20/h2-3,5-10,21H,4,12-13H2,1H3. The average Bonchev–Trinajstić information content (AvgIpc) is 2.63. The van der Waals surface area contributed by atoms with Gasteiger partial charge in [0.15, 0.2) is 0 Å². The van der Waals surface area contributed by atoms with Gasteiger partial charge in [-0.2, -0.15) is 5.26 Å². The van der Waals surface area contributed by atoms with Crippen LogP contribution in [0.2, 0.25) is 0 Å². The number of amides is 1. The molecule has 0 saturated carbocycles.